The van der Waals surface area contributed by atoms with Crippen LogP contribution >= 0.6 is 15.9 Å². The number of hydrogen-bond acceptors (Lipinski definition) is 4. The molecule has 3 heterocycles. The maximum atomic E-state index is 5.90. The van der Waals surface area contributed by atoms with E-state index in [9.17, 15) is 0 Å². The highest BCUT2D eigenvalue weighted by Gasteiger charge is 2.40. The molecule has 3 rings (SSSR count). The zero-order valence-electron chi connectivity index (χ0n) is 9.56. The van der Waals surface area contributed by atoms with Crippen LogP contribution in [-0.2, 0) is 9.47 Å². The van der Waals surface area contributed by atoms with Crippen molar-refractivity contribution in [3.05, 3.63) is 22.8 Å². The van der Waals surface area contributed by atoms with Crippen LogP contribution in [0.15, 0.2) is 22.8 Å². The molecule has 92 valence electrons. The van der Waals surface area contributed by atoms with Crippen molar-refractivity contribution >= 4 is 21.7 Å². The van der Waals surface area contributed by atoms with Gasteiger partial charge in [-0.3, -0.25) is 0 Å². The minimum Gasteiger partial charge on any atom is -0.378 e. The molecule has 1 spiro atoms. The molecule has 1 aromatic heterocycles. The summed E-state index contributed by atoms with van der Waals surface area (Å²) in [6.07, 6.45) is 2.82. The lowest BCUT2D eigenvalue weighted by Gasteiger charge is -2.40. The SMILES string of the molecule is Brc1ccc(N2CCOC3(CCOC3)C2)nc1. The highest BCUT2D eigenvalue weighted by molar-refractivity contribution is 9.10. The number of aromatic nitrogens is 1. The van der Waals surface area contributed by atoms with Crippen LogP contribution in [0.3, 0.4) is 0 Å². The van der Waals surface area contributed by atoms with Gasteiger partial charge in [0.25, 0.3) is 0 Å². The number of anilines is 1. The number of ether oxygens (including phenoxy) is 2. The molecule has 0 bridgehead atoms. The number of hydrogen-bond donors (Lipinski definition) is 0. The first-order chi connectivity index (χ1) is 8.27. The molecule has 0 N–H and O–H groups in total. The van der Waals surface area contributed by atoms with Gasteiger partial charge in [-0.2, -0.15) is 0 Å². The van der Waals surface area contributed by atoms with Gasteiger partial charge in [0.15, 0.2) is 0 Å². The second-order valence-corrected chi connectivity index (χ2v) is 5.51. The second-order valence-electron chi connectivity index (χ2n) is 4.59. The summed E-state index contributed by atoms with van der Waals surface area (Å²) in [7, 11) is 0. The quantitative estimate of drug-likeness (QED) is 0.792. The van der Waals surface area contributed by atoms with E-state index in [4.69, 9.17) is 9.47 Å². The van der Waals surface area contributed by atoms with E-state index in [1.807, 2.05) is 18.3 Å². The van der Waals surface area contributed by atoms with Crippen LogP contribution in [0.25, 0.3) is 0 Å². The van der Waals surface area contributed by atoms with Crippen LogP contribution in [-0.4, -0.2) is 43.5 Å². The first kappa shape index (κ1) is 11.4. The summed E-state index contributed by atoms with van der Waals surface area (Å²) in [6, 6.07) is 4.06. The van der Waals surface area contributed by atoms with E-state index in [-0.39, 0.29) is 5.60 Å². The van der Waals surface area contributed by atoms with Gasteiger partial charge in [-0.15, -0.1) is 0 Å². The molecule has 2 fully saturated rings. The molecule has 1 aromatic rings. The zero-order valence-corrected chi connectivity index (χ0v) is 11.1. The highest BCUT2D eigenvalue weighted by atomic mass is 79.9. The molecule has 2 aliphatic heterocycles. The largest absolute Gasteiger partial charge is 0.378 e. The zero-order chi connectivity index (χ0) is 11.7. The fourth-order valence-electron chi connectivity index (χ4n) is 2.42. The van der Waals surface area contributed by atoms with Crippen LogP contribution in [0.5, 0.6) is 0 Å². The molecular formula is C12H15BrN2O2. The van der Waals surface area contributed by atoms with Gasteiger partial charge in [0.1, 0.15) is 11.4 Å². The Kier molecular flexibility index (Phi) is 3.06. The van der Waals surface area contributed by atoms with E-state index in [0.717, 1.165) is 43.0 Å². The van der Waals surface area contributed by atoms with Gasteiger partial charge in [-0.05, 0) is 28.1 Å². The van der Waals surface area contributed by atoms with Gasteiger partial charge in [0.05, 0.1) is 19.8 Å². The van der Waals surface area contributed by atoms with Gasteiger partial charge >= 0.3 is 0 Å². The molecule has 1 atom stereocenters. The lowest BCUT2D eigenvalue weighted by Crippen LogP contribution is -2.52. The number of rotatable bonds is 1. The molecular weight excluding hydrogens is 284 g/mol. The van der Waals surface area contributed by atoms with Crippen LogP contribution < -0.4 is 4.90 Å². The summed E-state index contributed by atoms with van der Waals surface area (Å²) in [5.74, 6) is 1.02. The fraction of sp³-hybridized carbons (Fsp3) is 0.583. The van der Waals surface area contributed by atoms with Crippen molar-refractivity contribution in [2.24, 2.45) is 0 Å². The molecule has 0 radical (unpaired) electrons. The van der Waals surface area contributed by atoms with Gasteiger partial charge in [0, 0.05) is 30.2 Å². The normalized spacial score (nSPS) is 28.9. The van der Waals surface area contributed by atoms with E-state index in [0.29, 0.717) is 6.61 Å². The van der Waals surface area contributed by atoms with Crippen molar-refractivity contribution in [2.45, 2.75) is 12.0 Å². The lowest BCUT2D eigenvalue weighted by molar-refractivity contribution is -0.0581. The van der Waals surface area contributed by atoms with Gasteiger partial charge in [0.2, 0.25) is 0 Å². The molecule has 2 saturated heterocycles. The first-order valence-corrected chi connectivity index (χ1v) is 6.65. The van der Waals surface area contributed by atoms with Crippen LogP contribution in [0.4, 0.5) is 5.82 Å². The minimum absolute atomic E-state index is 0.104. The number of nitrogens with zero attached hydrogens (tertiary/aromatic N) is 2. The van der Waals surface area contributed by atoms with Gasteiger partial charge in [-0.25, -0.2) is 4.98 Å². The Bertz CT molecular complexity index is 390. The number of pyridine rings is 1. The molecule has 4 nitrogen and oxygen atoms in total. The van der Waals surface area contributed by atoms with Crippen molar-refractivity contribution < 1.29 is 9.47 Å². The average molecular weight is 299 g/mol. The number of halogens is 1. The monoisotopic (exact) mass is 298 g/mol. The summed E-state index contributed by atoms with van der Waals surface area (Å²) >= 11 is 3.40. The standard InChI is InChI=1S/C12H15BrN2O2/c13-10-1-2-11(14-7-10)15-4-6-17-12(8-15)3-5-16-9-12/h1-2,7H,3-6,8-9H2. The summed E-state index contributed by atoms with van der Waals surface area (Å²) in [6.45, 7) is 4.04. The molecule has 0 aromatic carbocycles. The van der Waals surface area contributed by atoms with Crippen LogP contribution in [0.2, 0.25) is 0 Å². The summed E-state index contributed by atoms with van der Waals surface area (Å²) in [5.41, 5.74) is -0.104. The fourth-order valence-corrected chi connectivity index (χ4v) is 2.66. The van der Waals surface area contributed by atoms with E-state index >= 15 is 0 Å². The van der Waals surface area contributed by atoms with Crippen molar-refractivity contribution in [3.8, 4) is 0 Å². The third-order valence-electron chi connectivity index (χ3n) is 3.35. The van der Waals surface area contributed by atoms with E-state index in [1.165, 1.54) is 0 Å². The van der Waals surface area contributed by atoms with Crippen molar-refractivity contribution in [1.82, 2.24) is 4.98 Å². The molecule has 0 saturated carbocycles. The van der Waals surface area contributed by atoms with Gasteiger partial charge in [-0.1, -0.05) is 0 Å². The predicted octanol–water partition coefficient (Wildman–Crippen LogP) is 1.84. The Morgan fingerprint density at radius 3 is 3.00 bits per heavy atom. The topological polar surface area (TPSA) is 34.6 Å². The van der Waals surface area contributed by atoms with Crippen LogP contribution in [0.1, 0.15) is 6.42 Å². The summed E-state index contributed by atoms with van der Waals surface area (Å²) in [4.78, 5) is 6.72. The first-order valence-electron chi connectivity index (χ1n) is 5.86. The van der Waals surface area contributed by atoms with Crippen molar-refractivity contribution in [3.63, 3.8) is 0 Å². The predicted molar refractivity (Wildman–Crippen MR) is 68.3 cm³/mol. The molecule has 0 amide bonds. The maximum absolute atomic E-state index is 5.90. The Balaban J connectivity index is 1.77. The van der Waals surface area contributed by atoms with E-state index in [1.54, 1.807) is 0 Å². The number of morpholine rings is 1. The maximum Gasteiger partial charge on any atom is 0.128 e. The highest BCUT2D eigenvalue weighted by Crippen LogP contribution is 2.29. The Morgan fingerprint density at radius 2 is 2.29 bits per heavy atom. The van der Waals surface area contributed by atoms with Gasteiger partial charge < -0.3 is 14.4 Å². The molecule has 0 aliphatic carbocycles. The minimum atomic E-state index is -0.104. The van der Waals surface area contributed by atoms with Crippen molar-refractivity contribution in [2.75, 3.05) is 37.8 Å². The molecule has 17 heavy (non-hydrogen) atoms. The van der Waals surface area contributed by atoms with Crippen LogP contribution in [0, 0.1) is 0 Å². The molecule has 1 unspecified atom stereocenters. The Hall–Kier alpha value is -0.650. The third-order valence-corrected chi connectivity index (χ3v) is 3.82. The Labute approximate surface area is 109 Å². The summed E-state index contributed by atoms with van der Waals surface area (Å²) < 4.78 is 12.4. The van der Waals surface area contributed by atoms with Crippen molar-refractivity contribution in [1.29, 1.82) is 0 Å². The van der Waals surface area contributed by atoms with E-state index < -0.39 is 0 Å². The smallest absolute Gasteiger partial charge is 0.128 e. The van der Waals surface area contributed by atoms with E-state index in [2.05, 4.69) is 25.8 Å². The second kappa shape index (κ2) is 4.55. The molecule has 5 heteroatoms. The average Bonchev–Trinajstić information content (AvgIpc) is 2.78. The lowest BCUT2D eigenvalue weighted by atomic mass is 10.0. The third kappa shape index (κ3) is 2.32. The molecule has 2 aliphatic rings. The summed E-state index contributed by atoms with van der Waals surface area (Å²) in [5, 5.41) is 0. The Morgan fingerprint density at radius 1 is 1.35 bits per heavy atom.